The van der Waals surface area contributed by atoms with Gasteiger partial charge in [0, 0.05) is 12.8 Å². The Morgan fingerprint density at radius 1 is 1.24 bits per heavy atom. The van der Waals surface area contributed by atoms with Crippen LogP contribution in [0, 0.1) is 6.92 Å². The van der Waals surface area contributed by atoms with Crippen LogP contribution < -0.4 is 10.5 Å². The molecule has 2 atom stereocenters. The van der Waals surface area contributed by atoms with Gasteiger partial charge >= 0.3 is 0 Å². The van der Waals surface area contributed by atoms with E-state index in [0.29, 0.717) is 0 Å². The summed E-state index contributed by atoms with van der Waals surface area (Å²) in [7, 11) is 0. The van der Waals surface area contributed by atoms with Crippen LogP contribution in [0.1, 0.15) is 32.3 Å². The van der Waals surface area contributed by atoms with Gasteiger partial charge in [0.15, 0.2) is 0 Å². The summed E-state index contributed by atoms with van der Waals surface area (Å²) in [6, 6.07) is 5.93. The number of anilines is 1. The van der Waals surface area contributed by atoms with Crippen LogP contribution in [0.2, 0.25) is 0 Å². The molecule has 1 aromatic rings. The minimum Gasteiger partial charge on any atom is -0.488 e. The van der Waals surface area contributed by atoms with E-state index in [1.807, 2.05) is 25.1 Å². The molecule has 0 saturated carbocycles. The van der Waals surface area contributed by atoms with Crippen molar-refractivity contribution in [1.82, 2.24) is 0 Å². The molecule has 2 rings (SSSR count). The molecule has 1 aromatic carbocycles. The van der Waals surface area contributed by atoms with Crippen LogP contribution in [-0.4, -0.2) is 18.3 Å². The molecule has 3 nitrogen and oxygen atoms in total. The van der Waals surface area contributed by atoms with E-state index in [1.54, 1.807) is 0 Å². The van der Waals surface area contributed by atoms with Crippen LogP contribution >= 0.6 is 0 Å². The number of hydrogen-bond donors (Lipinski definition) is 1. The van der Waals surface area contributed by atoms with Gasteiger partial charge in [-0.3, -0.25) is 0 Å². The number of benzene rings is 1. The number of nitrogen functional groups attached to an aromatic ring is 1. The molecule has 1 fully saturated rings. The van der Waals surface area contributed by atoms with Crippen molar-refractivity contribution in [2.75, 3.05) is 5.73 Å². The van der Waals surface area contributed by atoms with E-state index in [0.717, 1.165) is 29.8 Å². The quantitative estimate of drug-likeness (QED) is 0.802. The highest BCUT2D eigenvalue weighted by molar-refractivity contribution is 5.54. The standard InChI is InChI=1S/C14H21NO2/c1-9-4-5-14(13(15)6-9)17-12-7-10(2)16-11(3)8-12/h4-6,10-12H,7-8,15H2,1-3H3. The highest BCUT2D eigenvalue weighted by atomic mass is 16.5. The van der Waals surface area contributed by atoms with E-state index >= 15 is 0 Å². The molecule has 0 radical (unpaired) electrons. The predicted molar refractivity (Wildman–Crippen MR) is 69.3 cm³/mol. The maximum atomic E-state index is 5.98. The van der Waals surface area contributed by atoms with Gasteiger partial charge in [-0.2, -0.15) is 0 Å². The molecule has 1 aliphatic heterocycles. The summed E-state index contributed by atoms with van der Waals surface area (Å²) in [6.45, 7) is 6.20. The first kappa shape index (κ1) is 12.2. The summed E-state index contributed by atoms with van der Waals surface area (Å²) in [5, 5.41) is 0. The number of rotatable bonds is 2. The fourth-order valence-corrected chi connectivity index (χ4v) is 2.40. The average Bonchev–Trinajstić information content (AvgIpc) is 2.21. The number of ether oxygens (including phenoxy) is 2. The van der Waals surface area contributed by atoms with Crippen LogP contribution in [0.25, 0.3) is 0 Å². The molecular weight excluding hydrogens is 214 g/mol. The largest absolute Gasteiger partial charge is 0.488 e. The summed E-state index contributed by atoms with van der Waals surface area (Å²) >= 11 is 0. The Bertz CT molecular complexity index is 382. The van der Waals surface area contributed by atoms with E-state index in [-0.39, 0.29) is 18.3 Å². The molecule has 2 unspecified atom stereocenters. The van der Waals surface area contributed by atoms with E-state index in [1.165, 1.54) is 0 Å². The van der Waals surface area contributed by atoms with Crippen molar-refractivity contribution in [2.24, 2.45) is 0 Å². The summed E-state index contributed by atoms with van der Waals surface area (Å²) in [6.07, 6.45) is 2.58. The topological polar surface area (TPSA) is 44.5 Å². The van der Waals surface area contributed by atoms with Gasteiger partial charge < -0.3 is 15.2 Å². The normalized spacial score (nSPS) is 29.0. The molecule has 0 amide bonds. The van der Waals surface area contributed by atoms with Gasteiger partial charge in [0.1, 0.15) is 11.9 Å². The van der Waals surface area contributed by atoms with Crippen molar-refractivity contribution in [2.45, 2.75) is 51.9 Å². The zero-order valence-corrected chi connectivity index (χ0v) is 10.8. The molecule has 0 aliphatic carbocycles. The zero-order chi connectivity index (χ0) is 12.4. The van der Waals surface area contributed by atoms with Gasteiger partial charge in [-0.25, -0.2) is 0 Å². The van der Waals surface area contributed by atoms with Gasteiger partial charge in [0.05, 0.1) is 17.9 Å². The Balaban J connectivity index is 2.04. The van der Waals surface area contributed by atoms with Gasteiger partial charge in [0.25, 0.3) is 0 Å². The lowest BCUT2D eigenvalue weighted by Gasteiger charge is -2.32. The monoisotopic (exact) mass is 235 g/mol. The van der Waals surface area contributed by atoms with E-state index in [2.05, 4.69) is 13.8 Å². The Hall–Kier alpha value is -1.22. The Labute approximate surface area is 103 Å². The number of nitrogens with two attached hydrogens (primary N) is 1. The third kappa shape index (κ3) is 3.13. The van der Waals surface area contributed by atoms with Crippen molar-refractivity contribution < 1.29 is 9.47 Å². The van der Waals surface area contributed by atoms with Gasteiger partial charge in [0.2, 0.25) is 0 Å². The maximum Gasteiger partial charge on any atom is 0.142 e. The summed E-state index contributed by atoms with van der Waals surface area (Å²) in [5.41, 5.74) is 7.83. The summed E-state index contributed by atoms with van der Waals surface area (Å²) in [4.78, 5) is 0. The fraction of sp³-hybridized carbons (Fsp3) is 0.571. The van der Waals surface area contributed by atoms with Crippen molar-refractivity contribution in [1.29, 1.82) is 0 Å². The first-order chi connectivity index (χ1) is 8.04. The molecule has 0 aromatic heterocycles. The van der Waals surface area contributed by atoms with Gasteiger partial charge in [-0.15, -0.1) is 0 Å². The zero-order valence-electron chi connectivity index (χ0n) is 10.8. The second-order valence-corrected chi connectivity index (χ2v) is 5.01. The lowest BCUT2D eigenvalue weighted by molar-refractivity contribution is -0.0720. The third-order valence-electron chi connectivity index (χ3n) is 3.11. The Morgan fingerprint density at radius 2 is 1.88 bits per heavy atom. The van der Waals surface area contributed by atoms with Crippen LogP contribution in [-0.2, 0) is 4.74 Å². The molecule has 17 heavy (non-hydrogen) atoms. The first-order valence-electron chi connectivity index (χ1n) is 6.23. The molecular formula is C14H21NO2. The Morgan fingerprint density at radius 3 is 2.47 bits per heavy atom. The smallest absolute Gasteiger partial charge is 0.142 e. The van der Waals surface area contributed by atoms with Gasteiger partial charge in [-0.1, -0.05) is 6.07 Å². The number of aryl methyl sites for hydroxylation is 1. The molecule has 1 heterocycles. The van der Waals surface area contributed by atoms with E-state index in [4.69, 9.17) is 15.2 Å². The van der Waals surface area contributed by atoms with Crippen LogP contribution in [0.15, 0.2) is 18.2 Å². The Kier molecular flexibility index (Phi) is 3.57. The van der Waals surface area contributed by atoms with Crippen molar-refractivity contribution in [3.8, 4) is 5.75 Å². The second kappa shape index (κ2) is 4.96. The highest BCUT2D eigenvalue weighted by Gasteiger charge is 2.26. The van der Waals surface area contributed by atoms with Crippen molar-refractivity contribution >= 4 is 5.69 Å². The third-order valence-corrected chi connectivity index (χ3v) is 3.11. The summed E-state index contributed by atoms with van der Waals surface area (Å²) < 4.78 is 11.7. The molecule has 3 heteroatoms. The van der Waals surface area contributed by atoms with Crippen molar-refractivity contribution in [3.63, 3.8) is 0 Å². The van der Waals surface area contributed by atoms with E-state index < -0.39 is 0 Å². The molecule has 0 bridgehead atoms. The van der Waals surface area contributed by atoms with Gasteiger partial charge in [-0.05, 0) is 38.5 Å². The van der Waals surface area contributed by atoms with Crippen LogP contribution in [0.5, 0.6) is 5.75 Å². The van der Waals surface area contributed by atoms with Crippen molar-refractivity contribution in [3.05, 3.63) is 23.8 Å². The minimum absolute atomic E-state index is 0.207. The summed E-state index contributed by atoms with van der Waals surface area (Å²) in [5.74, 6) is 0.793. The molecule has 94 valence electrons. The fourth-order valence-electron chi connectivity index (χ4n) is 2.40. The van der Waals surface area contributed by atoms with E-state index in [9.17, 15) is 0 Å². The van der Waals surface area contributed by atoms with Crippen LogP contribution in [0.4, 0.5) is 5.69 Å². The highest BCUT2D eigenvalue weighted by Crippen LogP contribution is 2.28. The average molecular weight is 235 g/mol. The predicted octanol–water partition coefficient (Wildman–Crippen LogP) is 2.91. The van der Waals surface area contributed by atoms with Crippen LogP contribution in [0.3, 0.4) is 0 Å². The lowest BCUT2D eigenvalue weighted by atomic mass is 10.0. The molecule has 1 aliphatic rings. The molecule has 1 saturated heterocycles. The SMILES string of the molecule is Cc1ccc(OC2CC(C)OC(C)C2)c(N)c1. The lowest BCUT2D eigenvalue weighted by Crippen LogP contribution is -2.35. The maximum absolute atomic E-state index is 5.98. The second-order valence-electron chi connectivity index (χ2n) is 5.01. The minimum atomic E-state index is 0.207. The first-order valence-corrected chi connectivity index (χ1v) is 6.23. The molecule has 2 N–H and O–H groups in total. The number of hydrogen-bond acceptors (Lipinski definition) is 3. The molecule has 0 spiro atoms.